The number of carbonyl (C=O) groups is 1. The molecule has 0 aromatic heterocycles. The highest BCUT2D eigenvalue weighted by Gasteiger charge is 2.25. The van der Waals surface area contributed by atoms with Gasteiger partial charge in [-0.1, -0.05) is 0 Å². The second-order valence-electron chi connectivity index (χ2n) is 9.32. The SMILES string of the molecule is CN=C(NCCCOCC1CCOCC1)NC1CCC(NC(=O)OC(C)(C)C)CC1.I. The Bertz CT molecular complexity index is 528. The summed E-state index contributed by atoms with van der Waals surface area (Å²) in [5, 5.41) is 9.86. The Hall–Kier alpha value is -0.810. The minimum Gasteiger partial charge on any atom is -0.444 e. The molecule has 0 radical (unpaired) electrons. The van der Waals surface area contributed by atoms with Crippen molar-refractivity contribution in [2.75, 3.05) is 40.0 Å². The summed E-state index contributed by atoms with van der Waals surface area (Å²) >= 11 is 0. The standard InChI is InChI=1S/C22H42N4O4.HI/c1-22(2,3)30-21(27)26-19-8-6-18(7-9-19)25-20(23-4)24-12-5-13-29-16-17-10-14-28-15-11-17;/h17-19H,5-16H2,1-4H3,(H,26,27)(H2,23,24,25);1H. The summed E-state index contributed by atoms with van der Waals surface area (Å²) in [6, 6.07) is 0.554. The second kappa shape index (κ2) is 15.1. The normalized spacial score (nSPS) is 22.9. The van der Waals surface area contributed by atoms with Gasteiger partial charge in [0.05, 0.1) is 0 Å². The molecule has 31 heavy (non-hydrogen) atoms. The average molecular weight is 555 g/mol. The summed E-state index contributed by atoms with van der Waals surface area (Å²) < 4.78 is 16.5. The number of aliphatic imine (C=N–C) groups is 1. The summed E-state index contributed by atoms with van der Waals surface area (Å²) in [5.41, 5.74) is -0.461. The van der Waals surface area contributed by atoms with Gasteiger partial charge >= 0.3 is 6.09 Å². The van der Waals surface area contributed by atoms with Gasteiger partial charge in [0.2, 0.25) is 0 Å². The molecule has 0 aromatic rings. The Kier molecular flexibility index (Phi) is 13.8. The number of nitrogens with zero attached hydrogens (tertiary/aromatic N) is 1. The van der Waals surface area contributed by atoms with Gasteiger partial charge in [-0.05, 0) is 71.6 Å². The number of halogens is 1. The van der Waals surface area contributed by atoms with Crippen molar-refractivity contribution in [2.45, 2.75) is 83.4 Å². The van der Waals surface area contributed by atoms with Crippen molar-refractivity contribution >= 4 is 36.0 Å². The van der Waals surface area contributed by atoms with Crippen molar-refractivity contribution in [1.82, 2.24) is 16.0 Å². The van der Waals surface area contributed by atoms with Gasteiger partial charge < -0.3 is 30.2 Å². The third kappa shape index (κ3) is 12.7. The lowest BCUT2D eigenvalue weighted by atomic mass is 9.91. The van der Waals surface area contributed by atoms with Gasteiger partial charge in [0.25, 0.3) is 0 Å². The topological polar surface area (TPSA) is 93.2 Å². The van der Waals surface area contributed by atoms with Crippen LogP contribution in [0.3, 0.4) is 0 Å². The fourth-order valence-electron chi connectivity index (χ4n) is 3.79. The first kappa shape index (κ1) is 28.2. The van der Waals surface area contributed by atoms with Crippen LogP contribution >= 0.6 is 24.0 Å². The van der Waals surface area contributed by atoms with Crippen molar-refractivity contribution < 1.29 is 19.0 Å². The first-order valence-electron chi connectivity index (χ1n) is 11.5. The molecule has 0 aromatic carbocycles. The smallest absolute Gasteiger partial charge is 0.407 e. The Morgan fingerprint density at radius 2 is 1.65 bits per heavy atom. The maximum atomic E-state index is 11.9. The molecule has 1 amide bonds. The van der Waals surface area contributed by atoms with Gasteiger partial charge in [0.15, 0.2) is 5.96 Å². The highest BCUT2D eigenvalue weighted by Crippen LogP contribution is 2.19. The predicted molar refractivity (Wildman–Crippen MR) is 134 cm³/mol. The third-order valence-corrected chi connectivity index (χ3v) is 5.46. The minimum absolute atomic E-state index is 0. The number of nitrogens with one attached hydrogen (secondary N) is 3. The highest BCUT2D eigenvalue weighted by atomic mass is 127. The number of ether oxygens (including phenoxy) is 3. The molecule has 182 valence electrons. The lowest BCUT2D eigenvalue weighted by Crippen LogP contribution is -2.48. The van der Waals surface area contributed by atoms with E-state index < -0.39 is 5.60 Å². The number of amides is 1. The molecule has 2 fully saturated rings. The Morgan fingerprint density at radius 3 is 2.23 bits per heavy atom. The van der Waals surface area contributed by atoms with Crippen molar-refractivity contribution in [1.29, 1.82) is 0 Å². The molecule has 2 aliphatic rings. The van der Waals surface area contributed by atoms with Crippen LogP contribution in [0.15, 0.2) is 4.99 Å². The first-order chi connectivity index (χ1) is 14.4. The van der Waals surface area contributed by atoms with Crippen LogP contribution in [0, 0.1) is 5.92 Å². The molecule has 1 saturated heterocycles. The third-order valence-electron chi connectivity index (χ3n) is 5.46. The molecule has 1 saturated carbocycles. The molecule has 1 heterocycles. The van der Waals surface area contributed by atoms with Crippen LogP contribution in [0.2, 0.25) is 0 Å². The summed E-state index contributed by atoms with van der Waals surface area (Å²) in [6.07, 6.45) is 6.73. The molecule has 0 unspecified atom stereocenters. The molecular formula is C22H43IN4O4. The fourth-order valence-corrected chi connectivity index (χ4v) is 3.79. The monoisotopic (exact) mass is 554 g/mol. The number of alkyl carbamates (subject to hydrolysis) is 1. The van der Waals surface area contributed by atoms with E-state index in [0.717, 1.165) is 83.9 Å². The number of guanidine groups is 1. The van der Waals surface area contributed by atoms with Crippen molar-refractivity contribution in [3.63, 3.8) is 0 Å². The lowest BCUT2D eigenvalue weighted by molar-refractivity contribution is 0.0203. The number of rotatable bonds is 8. The van der Waals surface area contributed by atoms with Gasteiger partial charge in [-0.2, -0.15) is 0 Å². The number of hydrogen-bond acceptors (Lipinski definition) is 5. The molecule has 1 aliphatic carbocycles. The largest absolute Gasteiger partial charge is 0.444 e. The molecule has 9 heteroatoms. The van der Waals surface area contributed by atoms with E-state index in [-0.39, 0.29) is 36.1 Å². The molecule has 0 atom stereocenters. The number of carbonyl (C=O) groups excluding carboxylic acids is 1. The minimum atomic E-state index is -0.461. The summed E-state index contributed by atoms with van der Waals surface area (Å²) in [5.74, 6) is 1.49. The van der Waals surface area contributed by atoms with Crippen molar-refractivity contribution in [3.8, 4) is 0 Å². The fraction of sp³-hybridized carbons (Fsp3) is 0.909. The van der Waals surface area contributed by atoms with Gasteiger partial charge in [-0.3, -0.25) is 4.99 Å². The van der Waals surface area contributed by atoms with E-state index in [1.807, 2.05) is 20.8 Å². The first-order valence-corrected chi connectivity index (χ1v) is 11.5. The van der Waals surface area contributed by atoms with Crippen molar-refractivity contribution in [3.05, 3.63) is 0 Å². The van der Waals surface area contributed by atoms with Crippen LogP contribution in [0.1, 0.15) is 65.7 Å². The van der Waals surface area contributed by atoms with E-state index >= 15 is 0 Å². The van der Waals surface area contributed by atoms with Gasteiger partial charge in [0, 0.05) is 52.1 Å². The maximum absolute atomic E-state index is 11.9. The van der Waals surface area contributed by atoms with Crippen LogP contribution in [-0.2, 0) is 14.2 Å². The summed E-state index contributed by atoms with van der Waals surface area (Å²) in [4.78, 5) is 16.3. The van der Waals surface area contributed by atoms with Crippen LogP contribution in [-0.4, -0.2) is 69.8 Å². The summed E-state index contributed by atoms with van der Waals surface area (Å²) in [7, 11) is 1.80. The number of hydrogen-bond donors (Lipinski definition) is 3. The van der Waals surface area contributed by atoms with E-state index in [4.69, 9.17) is 14.2 Å². The molecule has 8 nitrogen and oxygen atoms in total. The quantitative estimate of drug-likeness (QED) is 0.184. The zero-order valence-electron chi connectivity index (χ0n) is 19.7. The molecule has 0 bridgehead atoms. The zero-order chi connectivity index (χ0) is 21.8. The van der Waals surface area contributed by atoms with E-state index in [1.165, 1.54) is 0 Å². The van der Waals surface area contributed by atoms with E-state index in [1.54, 1.807) is 7.05 Å². The summed E-state index contributed by atoms with van der Waals surface area (Å²) in [6.45, 7) is 9.83. The molecule has 0 spiro atoms. The Balaban J connectivity index is 0.00000480. The van der Waals surface area contributed by atoms with Crippen LogP contribution < -0.4 is 16.0 Å². The van der Waals surface area contributed by atoms with Crippen molar-refractivity contribution in [2.24, 2.45) is 10.9 Å². The lowest BCUT2D eigenvalue weighted by Gasteiger charge is -2.31. The molecule has 1 aliphatic heterocycles. The maximum Gasteiger partial charge on any atom is 0.407 e. The van der Waals surface area contributed by atoms with Gasteiger partial charge in [-0.25, -0.2) is 4.79 Å². The van der Waals surface area contributed by atoms with E-state index in [0.29, 0.717) is 12.0 Å². The predicted octanol–water partition coefficient (Wildman–Crippen LogP) is 3.44. The molecule has 2 rings (SSSR count). The van der Waals surface area contributed by atoms with Crippen LogP contribution in [0.4, 0.5) is 4.79 Å². The zero-order valence-corrected chi connectivity index (χ0v) is 22.0. The van der Waals surface area contributed by atoms with Gasteiger partial charge in [0.1, 0.15) is 5.60 Å². The molecular weight excluding hydrogens is 511 g/mol. The average Bonchev–Trinajstić information content (AvgIpc) is 2.70. The van der Waals surface area contributed by atoms with Gasteiger partial charge in [-0.15, -0.1) is 24.0 Å². The Morgan fingerprint density at radius 1 is 1.03 bits per heavy atom. The highest BCUT2D eigenvalue weighted by molar-refractivity contribution is 14.0. The Labute approximate surface area is 205 Å². The second-order valence-corrected chi connectivity index (χ2v) is 9.32. The van der Waals surface area contributed by atoms with E-state index in [9.17, 15) is 4.79 Å². The van der Waals surface area contributed by atoms with Crippen LogP contribution in [0.5, 0.6) is 0 Å². The van der Waals surface area contributed by atoms with E-state index in [2.05, 4.69) is 20.9 Å². The van der Waals surface area contributed by atoms with Crippen LogP contribution in [0.25, 0.3) is 0 Å². The molecule has 3 N–H and O–H groups in total.